The third-order valence-electron chi connectivity index (χ3n) is 6.24. The Bertz CT molecular complexity index is 1650. The van der Waals surface area contributed by atoms with Crippen LogP contribution in [0, 0.1) is 0 Å². The Kier molecular flexibility index (Phi) is 5.67. The maximum atomic E-state index is 11.8. The first-order valence-corrected chi connectivity index (χ1v) is 13.5. The van der Waals surface area contributed by atoms with E-state index >= 15 is 0 Å². The van der Waals surface area contributed by atoms with Gasteiger partial charge < -0.3 is 15.0 Å². The van der Waals surface area contributed by atoms with Crippen LogP contribution in [0.4, 0.5) is 11.6 Å². The van der Waals surface area contributed by atoms with E-state index in [1.807, 2.05) is 30.3 Å². The van der Waals surface area contributed by atoms with E-state index in [0.29, 0.717) is 5.95 Å². The number of fused-ring (bicyclic) bond motifs is 2. The molecule has 0 spiro atoms. The van der Waals surface area contributed by atoms with Crippen LogP contribution in [-0.4, -0.2) is 70.4 Å². The molecule has 0 aliphatic carbocycles. The van der Waals surface area contributed by atoms with E-state index in [-0.39, 0.29) is 4.90 Å². The Hall–Kier alpha value is -3.80. The highest BCUT2D eigenvalue weighted by Gasteiger charge is 2.14. The number of aromatic amines is 1. The van der Waals surface area contributed by atoms with Crippen molar-refractivity contribution in [3.05, 3.63) is 66.6 Å². The molecule has 0 bridgehead atoms. The van der Waals surface area contributed by atoms with Crippen LogP contribution >= 0.6 is 0 Å². The number of morpholine rings is 1. The lowest BCUT2D eigenvalue weighted by atomic mass is 10.2. The highest BCUT2D eigenvalue weighted by Crippen LogP contribution is 2.25. The van der Waals surface area contributed by atoms with Crippen LogP contribution in [0.25, 0.3) is 27.8 Å². The molecule has 1 aliphatic rings. The molecule has 10 nitrogen and oxygen atoms in total. The zero-order valence-electron chi connectivity index (χ0n) is 19.7. The average Bonchev–Trinajstić information content (AvgIpc) is 3.47. The van der Waals surface area contributed by atoms with E-state index in [9.17, 15) is 8.42 Å². The molecule has 1 fully saturated rings. The van der Waals surface area contributed by atoms with Crippen LogP contribution in [0.5, 0.6) is 0 Å². The number of nitrogens with one attached hydrogen (secondary N) is 2. The summed E-state index contributed by atoms with van der Waals surface area (Å²) in [6.45, 7) is 4.10. The molecule has 3 aromatic heterocycles. The number of sulfone groups is 1. The van der Waals surface area contributed by atoms with E-state index in [2.05, 4.69) is 25.3 Å². The first-order valence-electron chi connectivity index (χ1n) is 11.6. The molecule has 0 saturated carbocycles. The molecule has 0 radical (unpaired) electrons. The summed E-state index contributed by atoms with van der Waals surface area (Å²) < 4.78 is 30.8. The van der Waals surface area contributed by atoms with Gasteiger partial charge in [0.1, 0.15) is 5.82 Å². The van der Waals surface area contributed by atoms with Gasteiger partial charge in [0, 0.05) is 30.6 Å². The highest BCUT2D eigenvalue weighted by molar-refractivity contribution is 7.90. The molecule has 1 saturated heterocycles. The SMILES string of the molecule is CS(=O)(=O)c1ccc(-c2ccc3cnc(Nc4ccc5nc(CN6CCOCC6)[nH]c5c4)nn23)cc1. The predicted octanol–water partition coefficient (Wildman–Crippen LogP) is 3.25. The zero-order chi connectivity index (χ0) is 24.7. The van der Waals surface area contributed by atoms with Crippen molar-refractivity contribution in [2.45, 2.75) is 11.4 Å². The third-order valence-corrected chi connectivity index (χ3v) is 7.37. The van der Waals surface area contributed by atoms with Crippen molar-refractivity contribution in [2.24, 2.45) is 0 Å². The minimum Gasteiger partial charge on any atom is -0.379 e. The fraction of sp³-hybridized carbons (Fsp3) is 0.240. The standard InChI is InChI=1S/C25H25N7O3S/c1-36(33,34)20-6-2-17(3-7-20)23-9-5-19-15-26-25(30-32(19)23)27-18-4-8-21-22(14-18)29-24(28-21)16-31-10-12-35-13-11-31/h2-9,14-15H,10-13,16H2,1H3,(H,27,30)(H,28,29). The largest absolute Gasteiger partial charge is 0.379 e. The fourth-order valence-electron chi connectivity index (χ4n) is 4.37. The third kappa shape index (κ3) is 4.55. The maximum Gasteiger partial charge on any atom is 0.245 e. The van der Waals surface area contributed by atoms with Gasteiger partial charge in [-0.3, -0.25) is 4.90 Å². The Morgan fingerprint density at radius 1 is 1.06 bits per heavy atom. The second-order valence-electron chi connectivity index (χ2n) is 8.86. The van der Waals surface area contributed by atoms with Gasteiger partial charge in [-0.1, -0.05) is 12.1 Å². The van der Waals surface area contributed by atoms with E-state index in [4.69, 9.17) is 9.72 Å². The van der Waals surface area contributed by atoms with Gasteiger partial charge in [0.25, 0.3) is 0 Å². The lowest BCUT2D eigenvalue weighted by Crippen LogP contribution is -2.35. The predicted molar refractivity (Wildman–Crippen MR) is 137 cm³/mol. The second-order valence-corrected chi connectivity index (χ2v) is 10.9. The summed E-state index contributed by atoms with van der Waals surface area (Å²) in [6.07, 6.45) is 2.95. The minimum absolute atomic E-state index is 0.284. The van der Waals surface area contributed by atoms with Gasteiger partial charge in [-0.05, 0) is 42.5 Å². The number of anilines is 2. The fourth-order valence-corrected chi connectivity index (χ4v) is 5.00. The zero-order valence-corrected chi connectivity index (χ0v) is 20.5. The molecule has 184 valence electrons. The quantitative estimate of drug-likeness (QED) is 0.363. The number of rotatable bonds is 6. The number of imidazole rings is 1. The van der Waals surface area contributed by atoms with Gasteiger partial charge in [0.15, 0.2) is 9.84 Å². The Labute approximate surface area is 207 Å². The molecule has 5 aromatic rings. The first kappa shape index (κ1) is 22.7. The first-order chi connectivity index (χ1) is 17.4. The molecule has 1 aliphatic heterocycles. The molecule has 11 heteroatoms. The van der Waals surface area contributed by atoms with Crippen LogP contribution in [0.2, 0.25) is 0 Å². The van der Waals surface area contributed by atoms with Crippen molar-refractivity contribution < 1.29 is 13.2 Å². The van der Waals surface area contributed by atoms with Crippen molar-refractivity contribution in [2.75, 3.05) is 37.9 Å². The smallest absolute Gasteiger partial charge is 0.245 e. The van der Waals surface area contributed by atoms with E-state index in [0.717, 1.165) is 72.2 Å². The van der Waals surface area contributed by atoms with Crippen LogP contribution in [0.1, 0.15) is 5.82 Å². The number of H-pyrrole nitrogens is 1. The maximum absolute atomic E-state index is 11.8. The van der Waals surface area contributed by atoms with Crippen molar-refractivity contribution >= 4 is 38.0 Å². The highest BCUT2D eigenvalue weighted by atomic mass is 32.2. The average molecular weight is 504 g/mol. The molecule has 2 aromatic carbocycles. The Balaban J connectivity index is 1.25. The normalized spacial score (nSPS) is 15.0. The number of aromatic nitrogens is 5. The summed E-state index contributed by atoms with van der Waals surface area (Å²) >= 11 is 0. The van der Waals surface area contributed by atoms with Gasteiger partial charge in [-0.15, -0.1) is 5.10 Å². The van der Waals surface area contributed by atoms with Crippen LogP contribution in [0.15, 0.2) is 65.7 Å². The number of ether oxygens (including phenoxy) is 1. The summed E-state index contributed by atoms with van der Waals surface area (Å²) in [6, 6.07) is 16.6. The van der Waals surface area contributed by atoms with Crippen molar-refractivity contribution in [1.29, 1.82) is 0 Å². The molecular formula is C25H25N7O3S. The molecule has 0 amide bonds. The molecule has 6 rings (SSSR count). The molecule has 0 atom stereocenters. The molecule has 36 heavy (non-hydrogen) atoms. The molecule has 0 unspecified atom stereocenters. The Morgan fingerprint density at radius 3 is 2.64 bits per heavy atom. The summed E-state index contributed by atoms with van der Waals surface area (Å²) in [5.74, 6) is 1.38. The second kappa shape index (κ2) is 9.01. The van der Waals surface area contributed by atoms with E-state index in [1.54, 1.807) is 35.0 Å². The molecule has 2 N–H and O–H groups in total. The van der Waals surface area contributed by atoms with Crippen LogP contribution < -0.4 is 5.32 Å². The Morgan fingerprint density at radius 2 is 1.86 bits per heavy atom. The monoisotopic (exact) mass is 503 g/mol. The summed E-state index contributed by atoms with van der Waals surface area (Å²) in [5, 5.41) is 7.95. The number of benzene rings is 2. The molecular weight excluding hydrogens is 478 g/mol. The van der Waals surface area contributed by atoms with Gasteiger partial charge in [-0.25, -0.2) is 22.9 Å². The number of hydrogen-bond acceptors (Lipinski definition) is 8. The van der Waals surface area contributed by atoms with Gasteiger partial charge in [-0.2, -0.15) is 0 Å². The number of hydrogen-bond donors (Lipinski definition) is 2. The van der Waals surface area contributed by atoms with E-state index < -0.39 is 9.84 Å². The molecule has 4 heterocycles. The van der Waals surface area contributed by atoms with Gasteiger partial charge in [0.2, 0.25) is 5.95 Å². The topological polar surface area (TPSA) is 118 Å². The number of nitrogens with zero attached hydrogens (tertiary/aromatic N) is 5. The van der Waals surface area contributed by atoms with Crippen LogP contribution in [0.3, 0.4) is 0 Å². The van der Waals surface area contributed by atoms with Crippen molar-refractivity contribution in [3.63, 3.8) is 0 Å². The van der Waals surface area contributed by atoms with E-state index in [1.165, 1.54) is 6.26 Å². The summed E-state index contributed by atoms with van der Waals surface area (Å²) in [4.78, 5) is 15.2. The lowest BCUT2D eigenvalue weighted by Gasteiger charge is -2.25. The minimum atomic E-state index is -3.25. The van der Waals surface area contributed by atoms with Crippen molar-refractivity contribution in [1.82, 2.24) is 29.5 Å². The lowest BCUT2D eigenvalue weighted by molar-refractivity contribution is 0.0332. The summed E-state index contributed by atoms with van der Waals surface area (Å²) in [5.41, 5.74) is 5.22. The van der Waals surface area contributed by atoms with Gasteiger partial charge >= 0.3 is 0 Å². The van der Waals surface area contributed by atoms with Crippen LogP contribution in [-0.2, 0) is 21.1 Å². The summed E-state index contributed by atoms with van der Waals surface area (Å²) in [7, 11) is -3.25. The van der Waals surface area contributed by atoms with Crippen molar-refractivity contribution in [3.8, 4) is 11.3 Å². The van der Waals surface area contributed by atoms with Gasteiger partial charge in [0.05, 0.1) is 53.1 Å².